The SMILES string of the molecule is Cc1ccc(C2CC2C(=O)NCC(C)(O)C(C)C)s1. The smallest absolute Gasteiger partial charge is 0.223 e. The van der Waals surface area contributed by atoms with Gasteiger partial charge in [0.1, 0.15) is 0 Å². The van der Waals surface area contributed by atoms with Crippen LogP contribution in [0.15, 0.2) is 12.1 Å². The van der Waals surface area contributed by atoms with Crippen molar-refractivity contribution in [3.8, 4) is 0 Å². The van der Waals surface area contributed by atoms with Crippen LogP contribution in [0.1, 0.15) is 42.9 Å². The summed E-state index contributed by atoms with van der Waals surface area (Å²) >= 11 is 1.78. The van der Waals surface area contributed by atoms with Crippen molar-refractivity contribution in [1.82, 2.24) is 5.32 Å². The van der Waals surface area contributed by atoms with Crippen LogP contribution in [0, 0.1) is 18.8 Å². The summed E-state index contributed by atoms with van der Waals surface area (Å²) in [6.45, 7) is 8.10. The molecule has 2 rings (SSSR count). The Morgan fingerprint density at radius 1 is 1.58 bits per heavy atom. The maximum atomic E-state index is 12.0. The van der Waals surface area contributed by atoms with Gasteiger partial charge in [0, 0.05) is 28.1 Å². The molecule has 3 atom stereocenters. The van der Waals surface area contributed by atoms with Crippen LogP contribution in [0.5, 0.6) is 0 Å². The normalized spacial score (nSPS) is 25.2. The van der Waals surface area contributed by atoms with Crippen LogP contribution in [-0.4, -0.2) is 23.2 Å². The van der Waals surface area contributed by atoms with Crippen LogP contribution in [-0.2, 0) is 4.79 Å². The Bertz CT molecular complexity index is 464. The van der Waals surface area contributed by atoms with Gasteiger partial charge >= 0.3 is 0 Å². The summed E-state index contributed by atoms with van der Waals surface area (Å²) in [6.07, 6.45) is 0.940. The molecule has 0 bridgehead atoms. The Morgan fingerprint density at radius 3 is 2.79 bits per heavy atom. The second kappa shape index (κ2) is 5.25. The van der Waals surface area contributed by atoms with E-state index in [1.54, 1.807) is 18.3 Å². The molecule has 0 aliphatic heterocycles. The Hall–Kier alpha value is -0.870. The van der Waals surface area contributed by atoms with Gasteiger partial charge in [-0.1, -0.05) is 13.8 Å². The van der Waals surface area contributed by atoms with Gasteiger partial charge in [0.25, 0.3) is 0 Å². The topological polar surface area (TPSA) is 49.3 Å². The van der Waals surface area contributed by atoms with Crippen LogP contribution < -0.4 is 5.32 Å². The highest BCUT2D eigenvalue weighted by molar-refractivity contribution is 7.12. The minimum absolute atomic E-state index is 0.0805. The Morgan fingerprint density at radius 2 is 2.26 bits per heavy atom. The van der Waals surface area contributed by atoms with E-state index < -0.39 is 5.60 Å². The fourth-order valence-corrected chi connectivity index (χ4v) is 3.11. The molecule has 106 valence electrons. The van der Waals surface area contributed by atoms with Crippen LogP contribution in [0.25, 0.3) is 0 Å². The average Bonchev–Trinajstić information content (AvgIpc) is 3.02. The Balaban J connectivity index is 1.83. The van der Waals surface area contributed by atoms with E-state index >= 15 is 0 Å². The number of rotatable bonds is 5. The van der Waals surface area contributed by atoms with E-state index in [0.29, 0.717) is 12.5 Å². The Kier molecular flexibility index (Phi) is 4.02. The lowest BCUT2D eigenvalue weighted by Gasteiger charge is -2.27. The third kappa shape index (κ3) is 3.37. The monoisotopic (exact) mass is 281 g/mol. The minimum atomic E-state index is -0.834. The summed E-state index contributed by atoms with van der Waals surface area (Å²) < 4.78 is 0. The fraction of sp³-hybridized carbons (Fsp3) is 0.667. The molecular formula is C15H23NO2S. The fourth-order valence-electron chi connectivity index (χ4n) is 2.05. The molecule has 1 fully saturated rings. The van der Waals surface area contributed by atoms with Crippen molar-refractivity contribution in [3.05, 3.63) is 21.9 Å². The van der Waals surface area contributed by atoms with Gasteiger partial charge in [-0.25, -0.2) is 0 Å². The van der Waals surface area contributed by atoms with Crippen molar-refractivity contribution in [3.63, 3.8) is 0 Å². The molecule has 19 heavy (non-hydrogen) atoms. The quantitative estimate of drug-likeness (QED) is 0.872. The van der Waals surface area contributed by atoms with Crippen LogP contribution in [0.3, 0.4) is 0 Å². The van der Waals surface area contributed by atoms with Crippen molar-refractivity contribution >= 4 is 17.2 Å². The number of carbonyl (C=O) groups is 1. The lowest BCUT2D eigenvalue weighted by molar-refractivity contribution is -0.124. The zero-order valence-corrected chi connectivity index (χ0v) is 12.9. The first-order chi connectivity index (χ1) is 8.81. The number of amides is 1. The van der Waals surface area contributed by atoms with E-state index in [-0.39, 0.29) is 17.7 Å². The summed E-state index contributed by atoms with van der Waals surface area (Å²) in [6, 6.07) is 4.24. The summed E-state index contributed by atoms with van der Waals surface area (Å²) in [5.41, 5.74) is -0.834. The molecule has 1 heterocycles. The summed E-state index contributed by atoms with van der Waals surface area (Å²) in [4.78, 5) is 14.7. The highest BCUT2D eigenvalue weighted by atomic mass is 32.1. The molecule has 0 aromatic carbocycles. The van der Waals surface area contributed by atoms with Crippen molar-refractivity contribution in [1.29, 1.82) is 0 Å². The molecule has 4 heteroatoms. The molecule has 3 unspecified atom stereocenters. The maximum absolute atomic E-state index is 12.0. The van der Waals surface area contributed by atoms with E-state index in [4.69, 9.17) is 0 Å². The second-order valence-electron chi connectivity index (χ2n) is 6.13. The first-order valence-corrected chi connectivity index (χ1v) is 7.69. The molecule has 1 aromatic rings. The number of aryl methyl sites for hydroxylation is 1. The number of nitrogens with one attached hydrogen (secondary N) is 1. The van der Waals surface area contributed by atoms with Gasteiger partial charge in [0.2, 0.25) is 5.91 Å². The molecule has 0 radical (unpaired) electrons. The molecule has 0 saturated heterocycles. The molecular weight excluding hydrogens is 258 g/mol. The first kappa shape index (κ1) is 14.5. The van der Waals surface area contributed by atoms with E-state index in [0.717, 1.165) is 6.42 Å². The molecule has 1 saturated carbocycles. The zero-order valence-electron chi connectivity index (χ0n) is 12.1. The zero-order chi connectivity index (χ0) is 14.2. The molecule has 0 spiro atoms. The number of thiophene rings is 1. The third-order valence-corrected chi connectivity index (χ3v) is 5.25. The minimum Gasteiger partial charge on any atom is -0.388 e. The lowest BCUT2D eigenvalue weighted by Crippen LogP contribution is -2.44. The second-order valence-corrected chi connectivity index (χ2v) is 7.45. The van der Waals surface area contributed by atoms with Gasteiger partial charge in [-0.15, -0.1) is 11.3 Å². The van der Waals surface area contributed by atoms with Gasteiger partial charge in [-0.05, 0) is 38.3 Å². The molecule has 1 amide bonds. The van der Waals surface area contributed by atoms with Gasteiger partial charge < -0.3 is 10.4 Å². The van der Waals surface area contributed by atoms with Crippen molar-refractivity contribution < 1.29 is 9.90 Å². The van der Waals surface area contributed by atoms with Crippen molar-refractivity contribution in [2.45, 2.75) is 45.6 Å². The van der Waals surface area contributed by atoms with Crippen LogP contribution in [0.2, 0.25) is 0 Å². The largest absolute Gasteiger partial charge is 0.388 e. The van der Waals surface area contributed by atoms with E-state index in [1.165, 1.54) is 9.75 Å². The van der Waals surface area contributed by atoms with E-state index in [1.807, 2.05) is 13.8 Å². The molecule has 1 aromatic heterocycles. The average molecular weight is 281 g/mol. The summed E-state index contributed by atoms with van der Waals surface area (Å²) in [5, 5.41) is 13.0. The van der Waals surface area contributed by atoms with Crippen LogP contribution >= 0.6 is 11.3 Å². The third-order valence-electron chi connectivity index (χ3n) is 4.12. The number of carbonyl (C=O) groups excluding carboxylic acids is 1. The van der Waals surface area contributed by atoms with E-state index in [2.05, 4.69) is 24.4 Å². The molecule has 2 N–H and O–H groups in total. The predicted molar refractivity (Wildman–Crippen MR) is 78.4 cm³/mol. The van der Waals surface area contributed by atoms with Gasteiger partial charge in [0.15, 0.2) is 0 Å². The standard InChI is InChI=1S/C15H23NO2S/c1-9(2)15(4,18)8-16-14(17)12-7-11(12)13-6-5-10(3)19-13/h5-6,9,11-12,18H,7-8H2,1-4H3,(H,16,17). The molecule has 1 aliphatic rings. The molecule has 1 aliphatic carbocycles. The lowest BCUT2D eigenvalue weighted by atomic mass is 9.92. The van der Waals surface area contributed by atoms with Crippen LogP contribution in [0.4, 0.5) is 0 Å². The first-order valence-electron chi connectivity index (χ1n) is 6.87. The predicted octanol–water partition coefficient (Wildman–Crippen LogP) is 2.68. The van der Waals surface area contributed by atoms with Gasteiger partial charge in [0.05, 0.1) is 5.60 Å². The number of hydrogen-bond acceptors (Lipinski definition) is 3. The molecule has 3 nitrogen and oxygen atoms in total. The van der Waals surface area contributed by atoms with Crippen molar-refractivity contribution in [2.24, 2.45) is 11.8 Å². The van der Waals surface area contributed by atoms with E-state index in [9.17, 15) is 9.90 Å². The highest BCUT2D eigenvalue weighted by Gasteiger charge is 2.45. The summed E-state index contributed by atoms with van der Waals surface area (Å²) in [7, 11) is 0. The number of aliphatic hydroxyl groups is 1. The number of hydrogen-bond donors (Lipinski definition) is 2. The Labute approximate surface area is 119 Å². The van der Waals surface area contributed by atoms with Gasteiger partial charge in [-0.2, -0.15) is 0 Å². The van der Waals surface area contributed by atoms with Gasteiger partial charge in [-0.3, -0.25) is 4.79 Å². The van der Waals surface area contributed by atoms with Crippen molar-refractivity contribution in [2.75, 3.05) is 6.54 Å². The maximum Gasteiger partial charge on any atom is 0.223 e. The summed E-state index contributed by atoms with van der Waals surface area (Å²) in [5.74, 6) is 0.698. The highest BCUT2D eigenvalue weighted by Crippen LogP contribution is 2.49.